The second-order valence-corrected chi connectivity index (χ2v) is 6.62. The maximum absolute atomic E-state index is 10.7. The Labute approximate surface area is 71.3 Å². The van der Waals surface area contributed by atoms with Crippen molar-refractivity contribution in [1.29, 1.82) is 0 Å². The molecule has 2 rings (SSSR count). The molecule has 0 aromatic carbocycles. The van der Waals surface area contributed by atoms with Gasteiger partial charge in [-0.3, -0.25) is 0 Å². The largest absolute Gasteiger partial charge is 0.232 e. The number of hydrogen-bond acceptors (Lipinski definition) is 2. The molecule has 2 saturated carbocycles. The fraction of sp³-hybridized carbons (Fsp3) is 1.00. The maximum atomic E-state index is 10.7. The third-order valence-electron chi connectivity index (χ3n) is 2.78. The highest BCUT2D eigenvalue weighted by molar-refractivity contribution is 8.13. The molecule has 2 fully saturated rings. The van der Waals surface area contributed by atoms with Gasteiger partial charge < -0.3 is 0 Å². The molecule has 2 aliphatic carbocycles. The predicted molar refractivity (Wildman–Crippen MR) is 44.0 cm³/mol. The minimum absolute atomic E-state index is 0.196. The molecule has 0 aliphatic heterocycles. The van der Waals surface area contributed by atoms with Crippen LogP contribution in [0.3, 0.4) is 0 Å². The van der Waals surface area contributed by atoms with Crippen LogP contribution in [0.5, 0.6) is 0 Å². The van der Waals surface area contributed by atoms with Crippen LogP contribution < -0.4 is 0 Å². The van der Waals surface area contributed by atoms with Crippen molar-refractivity contribution in [3.8, 4) is 0 Å². The van der Waals surface area contributed by atoms with Gasteiger partial charge >= 0.3 is 0 Å². The van der Waals surface area contributed by atoms with Gasteiger partial charge in [0.05, 0.1) is 5.75 Å². The molecule has 0 N–H and O–H groups in total. The van der Waals surface area contributed by atoms with Crippen molar-refractivity contribution in [2.24, 2.45) is 17.8 Å². The van der Waals surface area contributed by atoms with Crippen molar-refractivity contribution in [1.82, 2.24) is 0 Å². The van der Waals surface area contributed by atoms with E-state index in [0.717, 1.165) is 24.7 Å². The van der Waals surface area contributed by atoms with Crippen LogP contribution in [0.25, 0.3) is 0 Å². The van der Waals surface area contributed by atoms with Crippen molar-refractivity contribution in [3.05, 3.63) is 0 Å². The molecule has 0 bridgehead atoms. The fourth-order valence-electron chi connectivity index (χ4n) is 2.26. The van der Waals surface area contributed by atoms with E-state index in [-0.39, 0.29) is 5.75 Å². The van der Waals surface area contributed by atoms with E-state index in [1.54, 1.807) is 0 Å². The van der Waals surface area contributed by atoms with Gasteiger partial charge in [0.15, 0.2) is 0 Å². The first kappa shape index (κ1) is 7.87. The Kier molecular flexibility index (Phi) is 1.69. The predicted octanol–water partition coefficient (Wildman–Crippen LogP) is 1.60. The average molecular weight is 195 g/mol. The average Bonchev–Trinajstić information content (AvgIpc) is 2.36. The molecule has 0 heterocycles. The summed E-state index contributed by atoms with van der Waals surface area (Å²) in [6.45, 7) is 0. The SMILES string of the molecule is O=S(=O)(Cl)CC1CC2CC2C1. The molecule has 0 aromatic rings. The molecule has 2 atom stereocenters. The van der Waals surface area contributed by atoms with Gasteiger partial charge in [-0.25, -0.2) is 8.42 Å². The van der Waals surface area contributed by atoms with Crippen LogP contribution in [0, 0.1) is 17.8 Å². The first-order valence-corrected chi connectivity index (χ1v) is 6.45. The molecule has 0 saturated heterocycles. The summed E-state index contributed by atoms with van der Waals surface area (Å²) in [6, 6.07) is 0. The van der Waals surface area contributed by atoms with Crippen LogP contribution in [0.1, 0.15) is 19.3 Å². The van der Waals surface area contributed by atoms with Gasteiger partial charge in [-0.15, -0.1) is 0 Å². The normalized spacial score (nSPS) is 42.1. The Bertz CT molecular complexity index is 250. The molecule has 4 heteroatoms. The summed E-state index contributed by atoms with van der Waals surface area (Å²) in [6.07, 6.45) is 3.52. The van der Waals surface area contributed by atoms with Gasteiger partial charge in [0, 0.05) is 10.7 Å². The van der Waals surface area contributed by atoms with Crippen LogP contribution >= 0.6 is 10.7 Å². The number of hydrogen-bond donors (Lipinski definition) is 0. The number of rotatable bonds is 2. The lowest BCUT2D eigenvalue weighted by Crippen LogP contribution is -2.09. The van der Waals surface area contributed by atoms with Crippen molar-refractivity contribution in [2.45, 2.75) is 19.3 Å². The van der Waals surface area contributed by atoms with Gasteiger partial charge in [-0.1, -0.05) is 0 Å². The van der Waals surface area contributed by atoms with Crippen molar-refractivity contribution in [3.63, 3.8) is 0 Å². The Balaban J connectivity index is 1.89. The summed E-state index contributed by atoms with van der Waals surface area (Å²) in [7, 11) is 1.91. The van der Waals surface area contributed by atoms with E-state index in [0.29, 0.717) is 5.92 Å². The highest BCUT2D eigenvalue weighted by Gasteiger charge is 2.46. The summed E-state index contributed by atoms with van der Waals surface area (Å²) >= 11 is 0. The summed E-state index contributed by atoms with van der Waals surface area (Å²) in [5.74, 6) is 2.25. The van der Waals surface area contributed by atoms with Crippen LogP contribution in [-0.4, -0.2) is 14.2 Å². The molecule has 0 spiro atoms. The van der Waals surface area contributed by atoms with E-state index >= 15 is 0 Å². The van der Waals surface area contributed by atoms with Crippen molar-refractivity contribution < 1.29 is 8.42 Å². The highest BCUT2D eigenvalue weighted by atomic mass is 35.7. The second-order valence-electron chi connectivity index (χ2n) is 3.80. The van der Waals surface area contributed by atoms with E-state index in [1.165, 1.54) is 6.42 Å². The van der Waals surface area contributed by atoms with E-state index in [2.05, 4.69) is 0 Å². The molecule has 0 aromatic heterocycles. The van der Waals surface area contributed by atoms with Crippen molar-refractivity contribution >= 4 is 19.7 Å². The first-order chi connectivity index (χ1) is 5.04. The van der Waals surface area contributed by atoms with Gasteiger partial charge in [-0.05, 0) is 37.0 Å². The molecule has 2 unspecified atom stereocenters. The number of fused-ring (bicyclic) bond motifs is 1. The zero-order valence-corrected chi connectivity index (χ0v) is 7.74. The molecule has 2 nitrogen and oxygen atoms in total. The third kappa shape index (κ3) is 1.88. The third-order valence-corrected chi connectivity index (χ3v) is 4.02. The van der Waals surface area contributed by atoms with Crippen LogP contribution in [0.15, 0.2) is 0 Å². The van der Waals surface area contributed by atoms with E-state index in [4.69, 9.17) is 10.7 Å². The smallest absolute Gasteiger partial charge is 0.212 e. The van der Waals surface area contributed by atoms with Crippen LogP contribution in [0.2, 0.25) is 0 Å². The van der Waals surface area contributed by atoms with E-state index < -0.39 is 9.05 Å². The van der Waals surface area contributed by atoms with Crippen LogP contribution in [0.4, 0.5) is 0 Å². The number of halogens is 1. The second kappa shape index (κ2) is 2.36. The quantitative estimate of drug-likeness (QED) is 0.626. The minimum atomic E-state index is -3.24. The summed E-state index contributed by atoms with van der Waals surface area (Å²) < 4.78 is 21.3. The van der Waals surface area contributed by atoms with Gasteiger partial charge in [0.1, 0.15) is 0 Å². The topological polar surface area (TPSA) is 34.1 Å². The van der Waals surface area contributed by atoms with Crippen LogP contribution in [-0.2, 0) is 9.05 Å². The molecular formula is C7H11ClO2S. The summed E-state index contributed by atoms with van der Waals surface area (Å²) in [5.41, 5.74) is 0. The van der Waals surface area contributed by atoms with Crippen molar-refractivity contribution in [2.75, 3.05) is 5.75 Å². The summed E-state index contributed by atoms with van der Waals surface area (Å²) in [4.78, 5) is 0. The fourth-order valence-corrected chi connectivity index (χ4v) is 3.63. The molecule has 11 heavy (non-hydrogen) atoms. The lowest BCUT2D eigenvalue weighted by molar-refractivity contribution is 0.524. The molecule has 0 radical (unpaired) electrons. The molecule has 2 aliphatic rings. The molecular weight excluding hydrogens is 184 g/mol. The highest BCUT2D eigenvalue weighted by Crippen LogP contribution is 2.54. The van der Waals surface area contributed by atoms with Gasteiger partial charge in [0.25, 0.3) is 0 Å². The maximum Gasteiger partial charge on any atom is 0.232 e. The van der Waals surface area contributed by atoms with Gasteiger partial charge in [0.2, 0.25) is 9.05 Å². The lowest BCUT2D eigenvalue weighted by Gasteiger charge is -2.07. The van der Waals surface area contributed by atoms with E-state index in [1.807, 2.05) is 0 Å². The zero-order valence-electron chi connectivity index (χ0n) is 6.16. The minimum Gasteiger partial charge on any atom is -0.212 e. The molecule has 0 amide bonds. The monoisotopic (exact) mass is 194 g/mol. The zero-order chi connectivity index (χ0) is 8.06. The van der Waals surface area contributed by atoms with Gasteiger partial charge in [-0.2, -0.15) is 0 Å². The summed E-state index contributed by atoms with van der Waals surface area (Å²) in [5, 5.41) is 0. The Morgan fingerprint density at radius 1 is 1.18 bits per heavy atom. The lowest BCUT2D eigenvalue weighted by atomic mass is 10.1. The Morgan fingerprint density at radius 3 is 2.18 bits per heavy atom. The Hall–Kier alpha value is 0.240. The standard InChI is InChI=1S/C7H11ClO2S/c8-11(9,10)4-5-1-6-3-7(6)2-5/h5-7H,1-4H2. The first-order valence-electron chi connectivity index (χ1n) is 3.97. The van der Waals surface area contributed by atoms with E-state index in [9.17, 15) is 8.42 Å². The molecule has 64 valence electrons. The Morgan fingerprint density at radius 2 is 1.73 bits per heavy atom.